The molecule has 0 radical (unpaired) electrons. The molecule has 0 bridgehead atoms. The molecule has 0 aliphatic carbocycles. The fraction of sp³-hybridized carbons (Fsp3) is 0.545. The van der Waals surface area contributed by atoms with Crippen molar-refractivity contribution in [2.45, 2.75) is 33.1 Å². The molecule has 0 aliphatic rings. The second-order valence-electron chi connectivity index (χ2n) is 4.07. The zero-order valence-corrected chi connectivity index (χ0v) is 9.94. The van der Waals surface area contributed by atoms with Gasteiger partial charge in [0.2, 0.25) is 0 Å². The molecule has 1 atom stereocenters. The molecule has 2 rings (SSSR count). The SMILES string of the molecule is CCC(CN)c1nnc2nc(C)cc(C)n12. The molecule has 5 nitrogen and oxygen atoms in total. The van der Waals surface area contributed by atoms with Crippen LogP contribution in [0.3, 0.4) is 0 Å². The summed E-state index contributed by atoms with van der Waals surface area (Å²) in [4.78, 5) is 4.36. The van der Waals surface area contributed by atoms with E-state index in [9.17, 15) is 0 Å². The Kier molecular flexibility index (Phi) is 2.87. The van der Waals surface area contributed by atoms with Crippen molar-refractivity contribution >= 4 is 5.78 Å². The number of aryl methyl sites for hydroxylation is 2. The van der Waals surface area contributed by atoms with Crippen molar-refractivity contribution in [3.8, 4) is 0 Å². The lowest BCUT2D eigenvalue weighted by atomic mass is 10.1. The summed E-state index contributed by atoms with van der Waals surface area (Å²) in [5.74, 6) is 1.84. The number of nitrogens with two attached hydrogens (primary N) is 1. The third-order valence-corrected chi connectivity index (χ3v) is 2.86. The number of hydrogen-bond donors (Lipinski definition) is 1. The normalized spacial score (nSPS) is 13.2. The lowest BCUT2D eigenvalue weighted by Gasteiger charge is -2.11. The van der Waals surface area contributed by atoms with Crippen LogP contribution in [0, 0.1) is 13.8 Å². The van der Waals surface area contributed by atoms with Gasteiger partial charge in [0.15, 0.2) is 0 Å². The number of rotatable bonds is 3. The molecule has 0 aliphatic heterocycles. The van der Waals surface area contributed by atoms with Gasteiger partial charge in [0.1, 0.15) is 5.82 Å². The van der Waals surface area contributed by atoms with Crippen molar-refractivity contribution in [2.24, 2.45) is 5.73 Å². The highest BCUT2D eigenvalue weighted by molar-refractivity contribution is 5.33. The topological polar surface area (TPSA) is 69.1 Å². The Balaban J connectivity index is 2.64. The van der Waals surface area contributed by atoms with Crippen LogP contribution in [0.25, 0.3) is 5.78 Å². The van der Waals surface area contributed by atoms with E-state index < -0.39 is 0 Å². The molecule has 5 heteroatoms. The minimum atomic E-state index is 0.248. The van der Waals surface area contributed by atoms with Crippen molar-refractivity contribution in [1.82, 2.24) is 19.6 Å². The lowest BCUT2D eigenvalue weighted by molar-refractivity contribution is 0.620. The molecule has 0 spiro atoms. The summed E-state index contributed by atoms with van der Waals surface area (Å²) >= 11 is 0. The predicted octanol–water partition coefficient (Wildman–Crippen LogP) is 1.19. The molecule has 86 valence electrons. The van der Waals surface area contributed by atoms with Crippen LogP contribution in [0.2, 0.25) is 0 Å². The first-order valence-corrected chi connectivity index (χ1v) is 5.56. The number of hydrogen-bond acceptors (Lipinski definition) is 4. The molecule has 2 aromatic heterocycles. The van der Waals surface area contributed by atoms with Gasteiger partial charge in [-0.05, 0) is 26.3 Å². The van der Waals surface area contributed by atoms with E-state index in [1.807, 2.05) is 24.3 Å². The Morgan fingerprint density at radius 2 is 2.12 bits per heavy atom. The molecule has 0 saturated heterocycles. The highest BCUT2D eigenvalue weighted by atomic mass is 15.3. The maximum absolute atomic E-state index is 5.74. The van der Waals surface area contributed by atoms with Crippen LogP contribution < -0.4 is 5.73 Å². The van der Waals surface area contributed by atoms with Gasteiger partial charge in [-0.1, -0.05) is 6.92 Å². The minimum Gasteiger partial charge on any atom is -0.330 e. The fourth-order valence-corrected chi connectivity index (χ4v) is 1.97. The van der Waals surface area contributed by atoms with E-state index in [0.717, 1.165) is 23.6 Å². The zero-order chi connectivity index (χ0) is 11.7. The van der Waals surface area contributed by atoms with Crippen LogP contribution in [0.15, 0.2) is 6.07 Å². The standard InChI is InChI=1S/C11H17N5/c1-4-9(6-12)10-14-15-11-13-7(2)5-8(3)16(10)11/h5,9H,4,6,12H2,1-3H3. The Morgan fingerprint density at radius 3 is 2.75 bits per heavy atom. The van der Waals surface area contributed by atoms with Gasteiger partial charge in [-0.15, -0.1) is 10.2 Å². The van der Waals surface area contributed by atoms with Gasteiger partial charge in [0.05, 0.1) is 0 Å². The predicted molar refractivity (Wildman–Crippen MR) is 62.3 cm³/mol. The second-order valence-corrected chi connectivity index (χ2v) is 4.07. The largest absolute Gasteiger partial charge is 0.330 e. The maximum Gasteiger partial charge on any atom is 0.255 e. The van der Waals surface area contributed by atoms with Gasteiger partial charge in [-0.3, -0.25) is 4.40 Å². The fourth-order valence-electron chi connectivity index (χ4n) is 1.97. The van der Waals surface area contributed by atoms with Gasteiger partial charge >= 0.3 is 0 Å². The summed E-state index contributed by atoms with van der Waals surface area (Å²) in [6.45, 7) is 6.69. The monoisotopic (exact) mass is 219 g/mol. The first-order chi connectivity index (χ1) is 7.67. The Morgan fingerprint density at radius 1 is 1.38 bits per heavy atom. The van der Waals surface area contributed by atoms with Crippen LogP contribution in [0.1, 0.15) is 36.5 Å². The van der Waals surface area contributed by atoms with E-state index in [4.69, 9.17) is 5.73 Å². The van der Waals surface area contributed by atoms with Gasteiger partial charge in [-0.2, -0.15) is 0 Å². The number of aromatic nitrogens is 4. The van der Waals surface area contributed by atoms with E-state index in [0.29, 0.717) is 12.3 Å². The third kappa shape index (κ3) is 1.67. The second kappa shape index (κ2) is 4.17. The highest BCUT2D eigenvalue weighted by Crippen LogP contribution is 2.18. The molecule has 1 unspecified atom stereocenters. The summed E-state index contributed by atoms with van der Waals surface area (Å²) in [5.41, 5.74) is 7.81. The molecule has 2 aromatic rings. The van der Waals surface area contributed by atoms with Gasteiger partial charge in [0, 0.05) is 23.9 Å². The molecule has 16 heavy (non-hydrogen) atoms. The molecular weight excluding hydrogens is 202 g/mol. The van der Waals surface area contributed by atoms with Crippen LogP contribution in [0.4, 0.5) is 0 Å². The number of nitrogens with zero attached hydrogens (tertiary/aromatic N) is 4. The Bertz CT molecular complexity index is 498. The van der Waals surface area contributed by atoms with E-state index >= 15 is 0 Å². The highest BCUT2D eigenvalue weighted by Gasteiger charge is 2.16. The van der Waals surface area contributed by atoms with Crippen molar-refractivity contribution in [2.75, 3.05) is 6.54 Å². The lowest BCUT2D eigenvalue weighted by Crippen LogP contribution is -2.15. The molecule has 2 heterocycles. The van der Waals surface area contributed by atoms with Crippen LogP contribution in [-0.2, 0) is 0 Å². The summed E-state index contributed by atoms with van der Waals surface area (Å²) in [5, 5.41) is 8.31. The summed E-state index contributed by atoms with van der Waals surface area (Å²) in [7, 11) is 0. The average molecular weight is 219 g/mol. The zero-order valence-electron chi connectivity index (χ0n) is 9.94. The summed E-state index contributed by atoms with van der Waals surface area (Å²) < 4.78 is 1.99. The van der Waals surface area contributed by atoms with E-state index in [1.54, 1.807) is 0 Å². The molecule has 0 aromatic carbocycles. The van der Waals surface area contributed by atoms with E-state index in [-0.39, 0.29) is 5.92 Å². The van der Waals surface area contributed by atoms with Crippen molar-refractivity contribution in [1.29, 1.82) is 0 Å². The maximum atomic E-state index is 5.74. The van der Waals surface area contributed by atoms with Crippen molar-refractivity contribution in [3.63, 3.8) is 0 Å². The first-order valence-electron chi connectivity index (χ1n) is 5.56. The first kappa shape index (κ1) is 11.0. The van der Waals surface area contributed by atoms with Crippen LogP contribution in [-0.4, -0.2) is 26.1 Å². The smallest absolute Gasteiger partial charge is 0.255 e. The molecule has 0 amide bonds. The van der Waals surface area contributed by atoms with E-state index in [2.05, 4.69) is 22.1 Å². The van der Waals surface area contributed by atoms with Crippen molar-refractivity contribution in [3.05, 3.63) is 23.3 Å². The quantitative estimate of drug-likeness (QED) is 0.842. The molecular formula is C11H17N5. The van der Waals surface area contributed by atoms with Gasteiger partial charge < -0.3 is 5.73 Å². The average Bonchev–Trinajstić information content (AvgIpc) is 2.64. The summed E-state index contributed by atoms with van der Waals surface area (Å²) in [6.07, 6.45) is 0.963. The van der Waals surface area contributed by atoms with Gasteiger partial charge in [-0.25, -0.2) is 4.98 Å². The Hall–Kier alpha value is -1.49. The van der Waals surface area contributed by atoms with Crippen molar-refractivity contribution < 1.29 is 0 Å². The van der Waals surface area contributed by atoms with Crippen LogP contribution in [0.5, 0.6) is 0 Å². The van der Waals surface area contributed by atoms with Gasteiger partial charge in [0.25, 0.3) is 5.78 Å². The van der Waals surface area contributed by atoms with E-state index in [1.165, 1.54) is 0 Å². The summed E-state index contributed by atoms with van der Waals surface area (Å²) in [6, 6.07) is 2.03. The molecule has 0 fully saturated rings. The Labute approximate surface area is 94.7 Å². The molecule has 0 saturated carbocycles. The third-order valence-electron chi connectivity index (χ3n) is 2.86. The number of fused-ring (bicyclic) bond motifs is 1. The molecule has 2 N–H and O–H groups in total. The van der Waals surface area contributed by atoms with Crippen LogP contribution >= 0.6 is 0 Å². The minimum absolute atomic E-state index is 0.248.